The topological polar surface area (TPSA) is 24.4 Å². The SMILES string of the molecule is CC1C=CC=C2C(=NCCC2C(C)C)N1.[HH]. The van der Waals surface area contributed by atoms with Gasteiger partial charge in [0.25, 0.3) is 0 Å². The zero-order chi connectivity index (χ0) is 10.8. The number of hydrogen-bond acceptors (Lipinski definition) is 2. The van der Waals surface area contributed by atoms with Crippen molar-refractivity contribution in [2.24, 2.45) is 16.8 Å². The fraction of sp³-hybridized carbons (Fsp3) is 0.615. The monoisotopic (exact) mass is 206 g/mol. The number of amidine groups is 1. The minimum Gasteiger partial charge on any atom is -0.364 e. The third-order valence-corrected chi connectivity index (χ3v) is 3.23. The molecule has 0 spiro atoms. The molecule has 2 heterocycles. The van der Waals surface area contributed by atoms with Crippen LogP contribution in [0.5, 0.6) is 0 Å². The Kier molecular flexibility index (Phi) is 2.94. The van der Waals surface area contributed by atoms with E-state index in [1.165, 1.54) is 12.0 Å². The van der Waals surface area contributed by atoms with E-state index in [1.807, 2.05) is 0 Å². The maximum Gasteiger partial charge on any atom is 0.124 e. The van der Waals surface area contributed by atoms with E-state index < -0.39 is 0 Å². The minimum atomic E-state index is 0. The standard InChI is InChI=1S/C13H20N2.H2/c1-9(2)11-7-8-14-13-12(11)6-4-5-10(3)15-13;/h4-6,9-11H,7-8H2,1-3H3,(H,14,15);1H. The Bertz CT molecular complexity index is 329. The lowest BCUT2D eigenvalue weighted by molar-refractivity contribution is 0.420. The minimum absolute atomic E-state index is 0. The van der Waals surface area contributed by atoms with Gasteiger partial charge in [-0.3, -0.25) is 4.99 Å². The lowest BCUT2D eigenvalue weighted by Crippen LogP contribution is -2.37. The van der Waals surface area contributed by atoms with Crippen molar-refractivity contribution in [2.75, 3.05) is 6.54 Å². The molecule has 0 aromatic heterocycles. The van der Waals surface area contributed by atoms with E-state index in [2.05, 4.69) is 49.3 Å². The van der Waals surface area contributed by atoms with E-state index in [4.69, 9.17) is 0 Å². The van der Waals surface area contributed by atoms with Gasteiger partial charge in [-0.15, -0.1) is 0 Å². The summed E-state index contributed by atoms with van der Waals surface area (Å²) in [6.07, 6.45) is 7.78. The second kappa shape index (κ2) is 4.21. The van der Waals surface area contributed by atoms with E-state index in [9.17, 15) is 0 Å². The molecule has 2 atom stereocenters. The van der Waals surface area contributed by atoms with Crippen LogP contribution < -0.4 is 5.32 Å². The first kappa shape index (κ1) is 10.5. The van der Waals surface area contributed by atoms with E-state index in [-0.39, 0.29) is 1.43 Å². The highest BCUT2D eigenvalue weighted by Gasteiger charge is 2.26. The van der Waals surface area contributed by atoms with Crippen molar-refractivity contribution in [1.82, 2.24) is 5.32 Å². The molecule has 0 amide bonds. The molecule has 2 aliphatic rings. The average Bonchev–Trinajstić information content (AvgIpc) is 2.37. The fourth-order valence-electron chi connectivity index (χ4n) is 2.35. The second-order valence-corrected chi connectivity index (χ2v) is 4.81. The van der Waals surface area contributed by atoms with Crippen LogP contribution >= 0.6 is 0 Å². The molecule has 2 aliphatic heterocycles. The third kappa shape index (κ3) is 2.14. The van der Waals surface area contributed by atoms with Crippen LogP contribution in [-0.2, 0) is 0 Å². The molecule has 2 unspecified atom stereocenters. The van der Waals surface area contributed by atoms with Crippen LogP contribution in [0.25, 0.3) is 0 Å². The normalized spacial score (nSPS) is 30.1. The third-order valence-electron chi connectivity index (χ3n) is 3.23. The smallest absolute Gasteiger partial charge is 0.124 e. The molecular weight excluding hydrogens is 184 g/mol. The van der Waals surface area contributed by atoms with Gasteiger partial charge in [0, 0.05) is 14.0 Å². The summed E-state index contributed by atoms with van der Waals surface area (Å²) in [5, 5.41) is 3.46. The Balaban J connectivity index is 0.00000128. The van der Waals surface area contributed by atoms with Crippen molar-refractivity contribution in [1.29, 1.82) is 0 Å². The van der Waals surface area contributed by atoms with E-state index in [1.54, 1.807) is 0 Å². The van der Waals surface area contributed by atoms with E-state index in [0.29, 0.717) is 17.9 Å². The molecule has 0 fully saturated rings. The summed E-state index contributed by atoms with van der Waals surface area (Å²) in [7, 11) is 0. The second-order valence-electron chi connectivity index (χ2n) is 4.81. The summed E-state index contributed by atoms with van der Waals surface area (Å²) >= 11 is 0. The summed E-state index contributed by atoms with van der Waals surface area (Å²) in [6.45, 7) is 7.73. The number of hydrogen-bond donors (Lipinski definition) is 1. The Hall–Kier alpha value is -1.05. The van der Waals surface area contributed by atoms with Gasteiger partial charge in [-0.25, -0.2) is 0 Å². The number of nitrogens with one attached hydrogen (secondary N) is 1. The van der Waals surface area contributed by atoms with Gasteiger partial charge < -0.3 is 5.32 Å². The molecule has 2 heteroatoms. The van der Waals surface area contributed by atoms with Gasteiger partial charge in [-0.1, -0.05) is 32.1 Å². The number of nitrogens with zero attached hydrogens (tertiary/aromatic N) is 1. The van der Waals surface area contributed by atoms with Crippen LogP contribution in [0, 0.1) is 11.8 Å². The van der Waals surface area contributed by atoms with Gasteiger partial charge >= 0.3 is 0 Å². The van der Waals surface area contributed by atoms with Crippen molar-refractivity contribution in [2.45, 2.75) is 33.2 Å². The summed E-state index contributed by atoms with van der Waals surface area (Å²) in [5.41, 5.74) is 1.40. The highest BCUT2D eigenvalue weighted by atomic mass is 15.0. The fourth-order valence-corrected chi connectivity index (χ4v) is 2.35. The van der Waals surface area contributed by atoms with Crippen LogP contribution in [0.4, 0.5) is 0 Å². The molecule has 84 valence electrons. The zero-order valence-corrected chi connectivity index (χ0v) is 9.83. The quantitative estimate of drug-likeness (QED) is 0.701. The molecule has 15 heavy (non-hydrogen) atoms. The molecule has 0 aromatic rings. The lowest BCUT2D eigenvalue weighted by atomic mass is 9.83. The number of rotatable bonds is 1. The predicted molar refractivity (Wildman–Crippen MR) is 67.2 cm³/mol. The van der Waals surface area contributed by atoms with Gasteiger partial charge in [0.05, 0.1) is 0 Å². The zero-order valence-electron chi connectivity index (χ0n) is 9.83. The molecule has 2 rings (SSSR count). The van der Waals surface area contributed by atoms with Gasteiger partial charge in [0.1, 0.15) is 5.84 Å². The molecule has 0 radical (unpaired) electrons. The largest absolute Gasteiger partial charge is 0.364 e. The molecule has 2 nitrogen and oxygen atoms in total. The molecule has 0 bridgehead atoms. The van der Waals surface area contributed by atoms with Gasteiger partial charge in [0.15, 0.2) is 0 Å². The number of fused-ring (bicyclic) bond motifs is 1. The van der Waals surface area contributed by atoms with Gasteiger partial charge in [-0.05, 0) is 30.8 Å². The lowest BCUT2D eigenvalue weighted by Gasteiger charge is -2.29. The number of allylic oxidation sites excluding steroid dienone is 2. The van der Waals surface area contributed by atoms with Crippen LogP contribution in [0.15, 0.2) is 28.8 Å². The molecular formula is C13H22N2. The maximum absolute atomic E-state index is 4.59. The first-order chi connectivity index (χ1) is 7.18. The first-order valence-electron chi connectivity index (χ1n) is 5.88. The van der Waals surface area contributed by atoms with Crippen molar-refractivity contribution in [3.8, 4) is 0 Å². The van der Waals surface area contributed by atoms with Gasteiger partial charge in [-0.2, -0.15) is 0 Å². The van der Waals surface area contributed by atoms with Crippen molar-refractivity contribution < 1.29 is 1.43 Å². The summed E-state index contributed by atoms with van der Waals surface area (Å²) in [6, 6.07) is 0.392. The van der Waals surface area contributed by atoms with Crippen molar-refractivity contribution in [3.63, 3.8) is 0 Å². The van der Waals surface area contributed by atoms with E-state index in [0.717, 1.165) is 12.4 Å². The van der Waals surface area contributed by atoms with Crippen LogP contribution in [-0.4, -0.2) is 18.4 Å². The highest BCUT2D eigenvalue weighted by Crippen LogP contribution is 2.29. The van der Waals surface area contributed by atoms with Crippen LogP contribution in [0.1, 0.15) is 28.6 Å². The highest BCUT2D eigenvalue weighted by molar-refractivity contribution is 6.00. The van der Waals surface area contributed by atoms with Crippen molar-refractivity contribution >= 4 is 5.84 Å². The molecule has 0 aliphatic carbocycles. The molecule has 1 N–H and O–H groups in total. The summed E-state index contributed by atoms with van der Waals surface area (Å²) < 4.78 is 0. The Morgan fingerprint density at radius 1 is 1.53 bits per heavy atom. The summed E-state index contributed by atoms with van der Waals surface area (Å²) in [5.74, 6) is 2.49. The Morgan fingerprint density at radius 3 is 3.07 bits per heavy atom. The summed E-state index contributed by atoms with van der Waals surface area (Å²) in [4.78, 5) is 4.59. The molecule has 0 saturated carbocycles. The Morgan fingerprint density at radius 2 is 2.33 bits per heavy atom. The predicted octanol–water partition coefficient (Wildman–Crippen LogP) is 2.78. The van der Waals surface area contributed by atoms with E-state index >= 15 is 0 Å². The number of aliphatic imine (C=N–C) groups is 1. The maximum atomic E-state index is 4.59. The first-order valence-corrected chi connectivity index (χ1v) is 5.88. The van der Waals surface area contributed by atoms with Crippen LogP contribution in [0.3, 0.4) is 0 Å². The average molecular weight is 206 g/mol. The molecule has 0 saturated heterocycles. The molecule has 0 aromatic carbocycles. The Labute approximate surface area is 93.7 Å². The van der Waals surface area contributed by atoms with Crippen molar-refractivity contribution in [3.05, 3.63) is 23.8 Å². The van der Waals surface area contributed by atoms with Crippen LogP contribution in [0.2, 0.25) is 0 Å². The van der Waals surface area contributed by atoms with Gasteiger partial charge in [0.2, 0.25) is 0 Å².